The van der Waals surface area contributed by atoms with E-state index in [0.29, 0.717) is 6.54 Å². The quantitative estimate of drug-likeness (QED) is 0.945. The minimum Gasteiger partial charge on any atom is -0.345 e. The summed E-state index contributed by atoms with van der Waals surface area (Å²) in [5.74, 6) is -0.163. The molecule has 0 bridgehead atoms. The van der Waals surface area contributed by atoms with Crippen molar-refractivity contribution in [1.82, 2.24) is 10.2 Å². The van der Waals surface area contributed by atoms with Gasteiger partial charge in [0.1, 0.15) is 6.04 Å². The molecule has 1 N–H and O–H groups in total. The second-order valence-corrected chi connectivity index (χ2v) is 6.44. The van der Waals surface area contributed by atoms with Crippen molar-refractivity contribution in [3.63, 3.8) is 0 Å². The van der Waals surface area contributed by atoms with Gasteiger partial charge < -0.3 is 10.2 Å². The lowest BCUT2D eigenvalue weighted by atomic mass is 10.0. The second-order valence-electron chi connectivity index (χ2n) is 5.07. The first-order chi connectivity index (χ1) is 10.1. The van der Waals surface area contributed by atoms with Gasteiger partial charge in [0, 0.05) is 9.75 Å². The Labute approximate surface area is 127 Å². The highest BCUT2D eigenvalue weighted by molar-refractivity contribution is 7.11. The summed E-state index contributed by atoms with van der Waals surface area (Å²) in [5, 5.41) is 2.67. The van der Waals surface area contributed by atoms with E-state index < -0.39 is 6.04 Å². The van der Waals surface area contributed by atoms with Crippen LogP contribution in [0.2, 0.25) is 0 Å². The van der Waals surface area contributed by atoms with Gasteiger partial charge in [-0.2, -0.15) is 0 Å². The minimum atomic E-state index is -0.546. The van der Waals surface area contributed by atoms with Crippen LogP contribution in [0.15, 0.2) is 42.5 Å². The van der Waals surface area contributed by atoms with Gasteiger partial charge in [-0.1, -0.05) is 30.3 Å². The van der Waals surface area contributed by atoms with E-state index in [1.165, 1.54) is 4.88 Å². The molecule has 4 nitrogen and oxygen atoms in total. The van der Waals surface area contributed by atoms with Crippen LogP contribution >= 0.6 is 11.3 Å². The van der Waals surface area contributed by atoms with Gasteiger partial charge in [-0.05, 0) is 24.6 Å². The number of hydrogen-bond donors (Lipinski definition) is 1. The van der Waals surface area contributed by atoms with Crippen LogP contribution in [0.3, 0.4) is 0 Å². The van der Waals surface area contributed by atoms with E-state index in [1.807, 2.05) is 49.4 Å². The first-order valence-electron chi connectivity index (χ1n) is 6.82. The maximum absolute atomic E-state index is 12.3. The highest BCUT2D eigenvalue weighted by Crippen LogP contribution is 2.27. The van der Waals surface area contributed by atoms with Crippen molar-refractivity contribution in [1.29, 1.82) is 0 Å². The van der Waals surface area contributed by atoms with E-state index in [0.717, 1.165) is 10.4 Å². The van der Waals surface area contributed by atoms with Gasteiger partial charge in [0.15, 0.2) is 0 Å². The molecule has 1 aromatic carbocycles. The first-order valence-corrected chi connectivity index (χ1v) is 7.64. The van der Waals surface area contributed by atoms with E-state index >= 15 is 0 Å². The lowest BCUT2D eigenvalue weighted by Gasteiger charge is -2.34. The fraction of sp³-hybridized carbons (Fsp3) is 0.250. The van der Waals surface area contributed by atoms with Gasteiger partial charge in [-0.3, -0.25) is 9.59 Å². The summed E-state index contributed by atoms with van der Waals surface area (Å²) in [4.78, 5) is 28.5. The summed E-state index contributed by atoms with van der Waals surface area (Å²) < 4.78 is 0. The monoisotopic (exact) mass is 300 g/mol. The Hall–Kier alpha value is -2.14. The minimum absolute atomic E-state index is 0.0468. The Balaban J connectivity index is 1.92. The van der Waals surface area contributed by atoms with Crippen molar-refractivity contribution >= 4 is 23.2 Å². The normalized spacial score (nSPS) is 18.7. The van der Waals surface area contributed by atoms with Crippen LogP contribution in [-0.2, 0) is 16.1 Å². The summed E-state index contributed by atoms with van der Waals surface area (Å²) in [5.41, 5.74) is 0.844. The zero-order valence-electron chi connectivity index (χ0n) is 11.7. The number of piperazine rings is 1. The molecule has 3 rings (SSSR count). The zero-order chi connectivity index (χ0) is 14.8. The molecule has 2 heterocycles. The van der Waals surface area contributed by atoms with Crippen molar-refractivity contribution in [2.24, 2.45) is 0 Å². The first kappa shape index (κ1) is 13.8. The lowest BCUT2D eigenvalue weighted by molar-refractivity contribution is -0.146. The number of amides is 2. The number of benzene rings is 1. The molecule has 0 saturated carbocycles. The number of nitrogens with zero attached hydrogens (tertiary/aromatic N) is 1. The Bertz CT molecular complexity index is 666. The summed E-state index contributed by atoms with van der Waals surface area (Å²) in [6, 6.07) is 12.9. The van der Waals surface area contributed by atoms with Crippen LogP contribution < -0.4 is 5.32 Å². The SMILES string of the molecule is Cc1ccc(CN2C(=O)CNC(=O)C2c2ccccc2)s1. The molecule has 1 aliphatic rings. The Morgan fingerprint density at radius 1 is 1.19 bits per heavy atom. The summed E-state index contributed by atoms with van der Waals surface area (Å²) in [7, 11) is 0. The van der Waals surface area contributed by atoms with Crippen molar-refractivity contribution in [2.75, 3.05) is 6.54 Å². The number of nitrogens with one attached hydrogen (secondary N) is 1. The average Bonchev–Trinajstić information content (AvgIpc) is 2.89. The molecule has 1 aliphatic heterocycles. The van der Waals surface area contributed by atoms with Crippen LogP contribution in [0.1, 0.15) is 21.4 Å². The Morgan fingerprint density at radius 3 is 2.62 bits per heavy atom. The average molecular weight is 300 g/mol. The molecule has 21 heavy (non-hydrogen) atoms. The Morgan fingerprint density at radius 2 is 1.95 bits per heavy atom. The van der Waals surface area contributed by atoms with Crippen LogP contribution in [0.4, 0.5) is 0 Å². The lowest BCUT2D eigenvalue weighted by Crippen LogP contribution is -2.52. The molecule has 0 radical (unpaired) electrons. The maximum Gasteiger partial charge on any atom is 0.247 e. The summed E-state index contributed by atoms with van der Waals surface area (Å²) in [6.45, 7) is 2.59. The highest BCUT2D eigenvalue weighted by atomic mass is 32.1. The van der Waals surface area contributed by atoms with E-state index in [-0.39, 0.29) is 18.4 Å². The summed E-state index contributed by atoms with van der Waals surface area (Å²) in [6.07, 6.45) is 0. The molecule has 2 amide bonds. The smallest absolute Gasteiger partial charge is 0.247 e. The van der Waals surface area contributed by atoms with Gasteiger partial charge in [0.2, 0.25) is 11.8 Å². The third-order valence-corrected chi connectivity index (χ3v) is 4.52. The van der Waals surface area contributed by atoms with Crippen molar-refractivity contribution in [3.8, 4) is 0 Å². The van der Waals surface area contributed by atoms with E-state index in [1.54, 1.807) is 16.2 Å². The fourth-order valence-electron chi connectivity index (χ4n) is 2.53. The largest absolute Gasteiger partial charge is 0.345 e. The third-order valence-electron chi connectivity index (χ3n) is 3.53. The molecular formula is C16H16N2O2S. The summed E-state index contributed by atoms with van der Waals surface area (Å²) >= 11 is 1.66. The number of aryl methyl sites for hydroxylation is 1. The van der Waals surface area contributed by atoms with Crippen molar-refractivity contribution < 1.29 is 9.59 Å². The predicted molar refractivity (Wildman–Crippen MR) is 81.8 cm³/mol. The third kappa shape index (κ3) is 2.83. The molecule has 1 saturated heterocycles. The molecule has 1 fully saturated rings. The number of hydrogen-bond acceptors (Lipinski definition) is 3. The van der Waals surface area contributed by atoms with Crippen molar-refractivity contribution in [3.05, 3.63) is 57.8 Å². The van der Waals surface area contributed by atoms with Gasteiger partial charge in [0.25, 0.3) is 0 Å². The topological polar surface area (TPSA) is 49.4 Å². The van der Waals surface area contributed by atoms with Crippen LogP contribution in [-0.4, -0.2) is 23.3 Å². The molecule has 1 atom stereocenters. The molecule has 5 heteroatoms. The van der Waals surface area contributed by atoms with E-state index in [2.05, 4.69) is 5.32 Å². The van der Waals surface area contributed by atoms with E-state index in [9.17, 15) is 9.59 Å². The standard InChI is InChI=1S/C16H16N2O2S/c1-11-7-8-13(21-11)10-18-14(19)9-17-16(20)15(18)12-5-3-2-4-6-12/h2-8,15H,9-10H2,1H3,(H,17,20). The van der Waals surface area contributed by atoms with Gasteiger partial charge >= 0.3 is 0 Å². The number of rotatable bonds is 3. The van der Waals surface area contributed by atoms with Crippen LogP contribution in [0.5, 0.6) is 0 Å². The van der Waals surface area contributed by atoms with Crippen molar-refractivity contribution in [2.45, 2.75) is 19.5 Å². The predicted octanol–water partition coefficient (Wildman–Crippen LogP) is 2.26. The molecule has 0 spiro atoms. The number of carbonyl (C=O) groups is 2. The van der Waals surface area contributed by atoms with Gasteiger partial charge in [-0.15, -0.1) is 11.3 Å². The van der Waals surface area contributed by atoms with Crippen LogP contribution in [0, 0.1) is 6.92 Å². The Kier molecular flexibility index (Phi) is 3.75. The molecule has 108 valence electrons. The van der Waals surface area contributed by atoms with Crippen LogP contribution in [0.25, 0.3) is 0 Å². The van der Waals surface area contributed by atoms with Gasteiger partial charge in [-0.25, -0.2) is 0 Å². The molecule has 2 aromatic rings. The van der Waals surface area contributed by atoms with E-state index in [4.69, 9.17) is 0 Å². The number of carbonyl (C=O) groups excluding carboxylic acids is 2. The highest BCUT2D eigenvalue weighted by Gasteiger charge is 2.35. The molecule has 1 aromatic heterocycles. The second kappa shape index (κ2) is 5.69. The zero-order valence-corrected chi connectivity index (χ0v) is 12.5. The fourth-order valence-corrected chi connectivity index (χ4v) is 3.42. The number of thiophene rings is 1. The van der Waals surface area contributed by atoms with Gasteiger partial charge in [0.05, 0.1) is 13.1 Å². The maximum atomic E-state index is 12.3. The molecular weight excluding hydrogens is 284 g/mol. The molecule has 1 unspecified atom stereocenters. The molecule has 0 aliphatic carbocycles.